The fourth-order valence-electron chi connectivity index (χ4n) is 1.07. The van der Waals surface area contributed by atoms with E-state index in [-0.39, 0.29) is 6.10 Å². The van der Waals surface area contributed by atoms with E-state index in [1.54, 1.807) is 0 Å². The lowest BCUT2D eigenvalue weighted by Crippen LogP contribution is -2.22. The second-order valence-electron chi connectivity index (χ2n) is 3.41. The maximum Gasteiger partial charge on any atom is 0.120 e. The summed E-state index contributed by atoms with van der Waals surface area (Å²) in [6.07, 6.45) is 0.0853. The van der Waals surface area contributed by atoms with Gasteiger partial charge in [-0.2, -0.15) is 0 Å². The molecule has 0 saturated heterocycles. The molecule has 13 heavy (non-hydrogen) atoms. The zero-order valence-corrected chi connectivity index (χ0v) is 8.50. The van der Waals surface area contributed by atoms with Crippen molar-refractivity contribution in [1.82, 2.24) is 0 Å². The summed E-state index contributed by atoms with van der Waals surface area (Å²) in [7, 11) is 0. The predicted molar refractivity (Wildman–Crippen MR) is 55.1 cm³/mol. The van der Waals surface area contributed by atoms with Crippen LogP contribution in [0.5, 0.6) is 5.75 Å². The van der Waals surface area contributed by atoms with Crippen LogP contribution in [0, 0.1) is 13.8 Å². The van der Waals surface area contributed by atoms with Gasteiger partial charge in [-0.15, -0.1) is 0 Å². The van der Waals surface area contributed by atoms with Gasteiger partial charge >= 0.3 is 0 Å². The summed E-state index contributed by atoms with van der Waals surface area (Å²) < 4.78 is 5.57. The molecular weight excluding hydrogens is 162 g/mol. The number of benzene rings is 1. The highest BCUT2D eigenvalue weighted by Gasteiger charge is 2.01. The van der Waals surface area contributed by atoms with Crippen molar-refractivity contribution in [1.29, 1.82) is 0 Å². The molecule has 0 fully saturated rings. The molecule has 2 nitrogen and oxygen atoms in total. The number of aryl methyl sites for hydroxylation is 2. The van der Waals surface area contributed by atoms with Crippen LogP contribution in [0.2, 0.25) is 0 Å². The van der Waals surface area contributed by atoms with Gasteiger partial charge in [0.15, 0.2) is 0 Å². The smallest absolute Gasteiger partial charge is 0.120 e. The van der Waals surface area contributed by atoms with Crippen LogP contribution in [0.25, 0.3) is 0 Å². The molecule has 2 heteroatoms. The molecular formula is C11H17NO. The largest absolute Gasteiger partial charge is 0.489 e. The minimum absolute atomic E-state index is 0.0853. The van der Waals surface area contributed by atoms with Crippen molar-refractivity contribution in [3.8, 4) is 5.75 Å². The molecule has 1 atom stereocenters. The lowest BCUT2D eigenvalue weighted by molar-refractivity contribution is 0.230. The Balaban J connectivity index is 2.73. The highest BCUT2D eigenvalue weighted by atomic mass is 16.5. The standard InChI is InChI=1S/C11H17NO/c1-8-4-5-11(6-9(8)2)13-10(3)7-12/h4-6,10H,7,12H2,1-3H3/t10-/m1/s1. The molecule has 0 unspecified atom stereocenters. The molecule has 2 N–H and O–H groups in total. The summed E-state index contributed by atoms with van der Waals surface area (Å²) in [4.78, 5) is 0. The fourth-order valence-corrected chi connectivity index (χ4v) is 1.07. The Kier molecular flexibility index (Phi) is 3.32. The first kappa shape index (κ1) is 10.1. The first-order valence-corrected chi connectivity index (χ1v) is 4.57. The van der Waals surface area contributed by atoms with Gasteiger partial charge in [0.25, 0.3) is 0 Å². The summed E-state index contributed by atoms with van der Waals surface area (Å²) in [6, 6.07) is 6.09. The van der Waals surface area contributed by atoms with Crippen molar-refractivity contribution >= 4 is 0 Å². The second-order valence-corrected chi connectivity index (χ2v) is 3.41. The summed E-state index contributed by atoms with van der Waals surface area (Å²) in [5, 5.41) is 0. The number of rotatable bonds is 3. The van der Waals surface area contributed by atoms with E-state index in [0.29, 0.717) is 6.54 Å². The van der Waals surface area contributed by atoms with Crippen LogP contribution in [0.4, 0.5) is 0 Å². The number of nitrogens with two attached hydrogens (primary N) is 1. The van der Waals surface area contributed by atoms with Crippen LogP contribution in [0.1, 0.15) is 18.1 Å². The summed E-state index contributed by atoms with van der Waals surface area (Å²) >= 11 is 0. The van der Waals surface area contributed by atoms with E-state index in [1.807, 2.05) is 19.1 Å². The van der Waals surface area contributed by atoms with Crippen molar-refractivity contribution in [3.63, 3.8) is 0 Å². The summed E-state index contributed by atoms with van der Waals surface area (Å²) in [6.45, 7) is 6.68. The summed E-state index contributed by atoms with van der Waals surface area (Å²) in [5.41, 5.74) is 8.00. The Hall–Kier alpha value is -1.02. The van der Waals surface area contributed by atoms with Gasteiger partial charge in [-0.1, -0.05) is 6.07 Å². The third-order valence-electron chi connectivity index (χ3n) is 2.15. The SMILES string of the molecule is Cc1ccc(O[C@H](C)CN)cc1C. The number of hydrogen-bond acceptors (Lipinski definition) is 2. The monoisotopic (exact) mass is 179 g/mol. The minimum atomic E-state index is 0.0853. The maximum absolute atomic E-state index is 5.57. The Morgan fingerprint density at radius 2 is 2.00 bits per heavy atom. The van der Waals surface area contributed by atoms with E-state index >= 15 is 0 Å². The highest BCUT2D eigenvalue weighted by molar-refractivity contribution is 5.33. The molecule has 0 heterocycles. The van der Waals surface area contributed by atoms with Crippen molar-refractivity contribution in [3.05, 3.63) is 29.3 Å². The zero-order chi connectivity index (χ0) is 9.84. The lowest BCUT2D eigenvalue weighted by Gasteiger charge is -2.13. The predicted octanol–water partition coefficient (Wildman–Crippen LogP) is 2.03. The van der Waals surface area contributed by atoms with E-state index in [0.717, 1.165) is 5.75 Å². The molecule has 0 aromatic heterocycles. The molecule has 0 aliphatic rings. The topological polar surface area (TPSA) is 35.2 Å². The van der Waals surface area contributed by atoms with Crippen LogP contribution < -0.4 is 10.5 Å². The Bertz CT molecular complexity index is 283. The minimum Gasteiger partial charge on any atom is -0.489 e. The zero-order valence-electron chi connectivity index (χ0n) is 8.50. The average Bonchev–Trinajstić information content (AvgIpc) is 2.11. The molecule has 0 aliphatic heterocycles. The first-order valence-electron chi connectivity index (χ1n) is 4.57. The Morgan fingerprint density at radius 3 is 2.54 bits per heavy atom. The Morgan fingerprint density at radius 1 is 1.31 bits per heavy atom. The normalized spacial score (nSPS) is 12.6. The van der Waals surface area contributed by atoms with E-state index in [9.17, 15) is 0 Å². The average molecular weight is 179 g/mol. The molecule has 0 spiro atoms. The van der Waals surface area contributed by atoms with E-state index in [1.165, 1.54) is 11.1 Å². The van der Waals surface area contributed by atoms with Crippen molar-refractivity contribution in [2.24, 2.45) is 5.73 Å². The molecule has 0 bridgehead atoms. The van der Waals surface area contributed by atoms with Gasteiger partial charge in [0.2, 0.25) is 0 Å². The van der Waals surface area contributed by atoms with Gasteiger partial charge in [0, 0.05) is 6.54 Å². The molecule has 72 valence electrons. The van der Waals surface area contributed by atoms with Crippen molar-refractivity contribution < 1.29 is 4.74 Å². The van der Waals surface area contributed by atoms with Crippen LogP contribution in [-0.4, -0.2) is 12.6 Å². The number of ether oxygens (including phenoxy) is 1. The first-order chi connectivity index (χ1) is 6.13. The molecule has 0 saturated carbocycles. The molecule has 0 amide bonds. The maximum atomic E-state index is 5.57. The molecule has 1 aromatic carbocycles. The van der Waals surface area contributed by atoms with Gasteiger partial charge in [-0.05, 0) is 44.0 Å². The van der Waals surface area contributed by atoms with E-state index < -0.39 is 0 Å². The lowest BCUT2D eigenvalue weighted by atomic mass is 10.1. The molecule has 1 aromatic rings. The number of hydrogen-bond donors (Lipinski definition) is 1. The van der Waals surface area contributed by atoms with Gasteiger partial charge in [-0.25, -0.2) is 0 Å². The van der Waals surface area contributed by atoms with Gasteiger partial charge in [0.05, 0.1) is 0 Å². The second kappa shape index (κ2) is 4.28. The van der Waals surface area contributed by atoms with Crippen LogP contribution in [0.3, 0.4) is 0 Å². The summed E-state index contributed by atoms with van der Waals surface area (Å²) in [5.74, 6) is 0.904. The van der Waals surface area contributed by atoms with Crippen molar-refractivity contribution in [2.75, 3.05) is 6.54 Å². The van der Waals surface area contributed by atoms with E-state index in [4.69, 9.17) is 10.5 Å². The highest BCUT2D eigenvalue weighted by Crippen LogP contribution is 2.17. The van der Waals surface area contributed by atoms with Gasteiger partial charge in [0.1, 0.15) is 11.9 Å². The molecule has 0 aliphatic carbocycles. The van der Waals surface area contributed by atoms with Gasteiger partial charge < -0.3 is 10.5 Å². The third-order valence-corrected chi connectivity index (χ3v) is 2.15. The molecule has 1 rings (SSSR count). The van der Waals surface area contributed by atoms with Gasteiger partial charge in [-0.3, -0.25) is 0 Å². The molecule has 0 radical (unpaired) electrons. The van der Waals surface area contributed by atoms with E-state index in [2.05, 4.69) is 19.9 Å². The quantitative estimate of drug-likeness (QED) is 0.770. The van der Waals surface area contributed by atoms with Crippen LogP contribution in [-0.2, 0) is 0 Å². The van der Waals surface area contributed by atoms with Crippen LogP contribution in [0.15, 0.2) is 18.2 Å². The fraction of sp³-hybridized carbons (Fsp3) is 0.455. The Labute approximate surface area is 79.7 Å². The van der Waals surface area contributed by atoms with Crippen molar-refractivity contribution in [2.45, 2.75) is 26.9 Å². The van der Waals surface area contributed by atoms with Crippen LogP contribution >= 0.6 is 0 Å². The third kappa shape index (κ3) is 2.74.